The maximum absolute atomic E-state index is 12.7. The highest BCUT2D eigenvalue weighted by molar-refractivity contribution is 7.92. The lowest BCUT2D eigenvalue weighted by Crippen LogP contribution is -2.16. The fraction of sp³-hybridized carbons (Fsp3) is 0.0833. The largest absolute Gasteiger partial charge is 0.463 e. The lowest BCUT2D eigenvalue weighted by Gasteiger charge is -2.11. The minimum Gasteiger partial charge on any atom is -0.463 e. The number of nitrogens with one attached hydrogen (secondary N) is 2. The Balaban J connectivity index is 1.71. The third kappa shape index (κ3) is 6.68. The fourth-order valence-corrected chi connectivity index (χ4v) is 4.15. The number of anilines is 2. The molecule has 33 heavy (non-hydrogen) atoms. The van der Waals surface area contributed by atoms with Crippen molar-refractivity contribution in [3.63, 3.8) is 0 Å². The molecule has 0 aliphatic carbocycles. The van der Waals surface area contributed by atoms with Gasteiger partial charge in [0.05, 0.1) is 22.2 Å². The minimum absolute atomic E-state index is 0.0745. The summed E-state index contributed by atoms with van der Waals surface area (Å²) in [6.45, 7) is 2.02. The molecular formula is C24H21ClN2O5S. The molecule has 3 rings (SSSR count). The Morgan fingerprint density at radius 2 is 1.73 bits per heavy atom. The number of hydrogen-bond acceptors (Lipinski definition) is 5. The molecule has 0 aliphatic rings. The molecule has 7 nitrogen and oxygen atoms in total. The molecule has 0 saturated carbocycles. The smallest absolute Gasteiger partial charge is 0.330 e. The molecule has 0 atom stereocenters. The van der Waals surface area contributed by atoms with Gasteiger partial charge < -0.3 is 10.1 Å². The molecule has 0 saturated heterocycles. The molecule has 1 amide bonds. The van der Waals surface area contributed by atoms with Crippen LogP contribution < -0.4 is 10.0 Å². The summed E-state index contributed by atoms with van der Waals surface area (Å²) in [7, 11) is -3.95. The van der Waals surface area contributed by atoms with Crippen LogP contribution in [0.25, 0.3) is 6.08 Å². The summed E-state index contributed by atoms with van der Waals surface area (Å²) in [6.07, 6.45) is 2.92. The second-order valence-corrected chi connectivity index (χ2v) is 8.86. The van der Waals surface area contributed by atoms with Crippen molar-refractivity contribution in [3.8, 4) is 0 Å². The molecule has 0 bridgehead atoms. The molecule has 3 aromatic carbocycles. The SMILES string of the molecule is CCOC(=O)/C=C/c1ccc(NC(=O)c2cccc(S(=O)(=O)Nc3ccccc3Cl)c2)cc1. The van der Waals surface area contributed by atoms with Gasteiger partial charge in [-0.1, -0.05) is 41.9 Å². The van der Waals surface area contributed by atoms with Crippen LogP contribution >= 0.6 is 11.6 Å². The summed E-state index contributed by atoms with van der Waals surface area (Å²) >= 11 is 6.03. The van der Waals surface area contributed by atoms with Gasteiger partial charge in [0, 0.05) is 17.3 Å². The number of ether oxygens (including phenoxy) is 1. The lowest BCUT2D eigenvalue weighted by molar-refractivity contribution is -0.137. The van der Waals surface area contributed by atoms with Crippen molar-refractivity contribution in [2.45, 2.75) is 11.8 Å². The Hall–Kier alpha value is -3.62. The molecule has 0 aromatic heterocycles. The van der Waals surface area contributed by atoms with E-state index >= 15 is 0 Å². The monoisotopic (exact) mass is 484 g/mol. The highest BCUT2D eigenvalue weighted by Gasteiger charge is 2.18. The maximum atomic E-state index is 12.7. The second kappa shape index (κ2) is 10.8. The Labute approximate surface area is 197 Å². The van der Waals surface area contributed by atoms with Crippen LogP contribution in [0.3, 0.4) is 0 Å². The van der Waals surface area contributed by atoms with E-state index in [0.29, 0.717) is 12.3 Å². The van der Waals surface area contributed by atoms with Crippen molar-refractivity contribution in [1.29, 1.82) is 0 Å². The van der Waals surface area contributed by atoms with E-state index in [1.54, 1.807) is 61.5 Å². The number of carbonyl (C=O) groups excluding carboxylic acids is 2. The number of halogens is 1. The first-order chi connectivity index (χ1) is 15.8. The highest BCUT2D eigenvalue weighted by Crippen LogP contribution is 2.24. The summed E-state index contributed by atoms with van der Waals surface area (Å²) in [4.78, 5) is 24.0. The summed E-state index contributed by atoms with van der Waals surface area (Å²) < 4.78 is 32.7. The normalized spacial score (nSPS) is 11.2. The molecular weight excluding hydrogens is 464 g/mol. The minimum atomic E-state index is -3.95. The van der Waals surface area contributed by atoms with Crippen LogP contribution in [-0.4, -0.2) is 26.9 Å². The topological polar surface area (TPSA) is 102 Å². The van der Waals surface area contributed by atoms with Gasteiger partial charge in [-0.2, -0.15) is 0 Å². The van der Waals surface area contributed by atoms with Gasteiger partial charge in [-0.25, -0.2) is 13.2 Å². The van der Waals surface area contributed by atoms with Crippen molar-refractivity contribution in [2.75, 3.05) is 16.6 Å². The van der Waals surface area contributed by atoms with Gasteiger partial charge in [0.15, 0.2) is 0 Å². The number of rotatable bonds is 8. The van der Waals surface area contributed by atoms with Gasteiger partial charge >= 0.3 is 5.97 Å². The zero-order chi connectivity index (χ0) is 23.8. The van der Waals surface area contributed by atoms with Crippen LogP contribution in [0.2, 0.25) is 5.02 Å². The van der Waals surface area contributed by atoms with E-state index in [9.17, 15) is 18.0 Å². The molecule has 0 fully saturated rings. The molecule has 0 unspecified atom stereocenters. The zero-order valence-corrected chi connectivity index (χ0v) is 19.2. The van der Waals surface area contributed by atoms with Crippen LogP contribution in [0.4, 0.5) is 11.4 Å². The quantitative estimate of drug-likeness (QED) is 0.347. The van der Waals surface area contributed by atoms with Gasteiger partial charge in [-0.3, -0.25) is 9.52 Å². The molecule has 2 N–H and O–H groups in total. The number of hydrogen-bond donors (Lipinski definition) is 2. The Bertz CT molecular complexity index is 1290. The number of para-hydroxylation sites is 1. The predicted molar refractivity (Wildman–Crippen MR) is 129 cm³/mol. The third-order valence-corrected chi connectivity index (χ3v) is 6.08. The van der Waals surface area contributed by atoms with Crippen molar-refractivity contribution in [1.82, 2.24) is 0 Å². The lowest BCUT2D eigenvalue weighted by atomic mass is 10.1. The van der Waals surface area contributed by atoms with Crippen LogP contribution in [0.15, 0.2) is 83.8 Å². The number of sulfonamides is 1. The molecule has 170 valence electrons. The molecule has 0 spiro atoms. The number of benzene rings is 3. The van der Waals surface area contributed by atoms with E-state index in [4.69, 9.17) is 16.3 Å². The summed E-state index contributed by atoms with van der Waals surface area (Å²) in [5.41, 5.74) is 1.67. The van der Waals surface area contributed by atoms with E-state index in [2.05, 4.69) is 10.0 Å². The van der Waals surface area contributed by atoms with E-state index in [1.807, 2.05) is 0 Å². The van der Waals surface area contributed by atoms with Crippen LogP contribution in [-0.2, 0) is 19.6 Å². The summed E-state index contributed by atoms with van der Waals surface area (Å²) in [6, 6.07) is 18.9. The molecule has 3 aromatic rings. The van der Waals surface area contributed by atoms with E-state index in [-0.39, 0.29) is 21.2 Å². The summed E-state index contributed by atoms with van der Waals surface area (Å²) in [5, 5.41) is 2.98. The van der Waals surface area contributed by atoms with Crippen LogP contribution in [0.1, 0.15) is 22.8 Å². The van der Waals surface area contributed by atoms with Crippen molar-refractivity contribution >= 4 is 51.0 Å². The third-order valence-electron chi connectivity index (χ3n) is 4.39. The first-order valence-electron chi connectivity index (χ1n) is 9.92. The molecule has 0 aliphatic heterocycles. The number of carbonyl (C=O) groups is 2. The average Bonchev–Trinajstić information content (AvgIpc) is 2.80. The van der Waals surface area contributed by atoms with E-state index < -0.39 is 21.9 Å². The molecule has 0 heterocycles. The molecule has 9 heteroatoms. The number of amides is 1. The summed E-state index contributed by atoms with van der Waals surface area (Å²) in [5.74, 6) is -0.909. The van der Waals surface area contributed by atoms with E-state index in [1.165, 1.54) is 30.3 Å². The highest BCUT2D eigenvalue weighted by atomic mass is 35.5. The van der Waals surface area contributed by atoms with E-state index in [0.717, 1.165) is 5.56 Å². The van der Waals surface area contributed by atoms with Crippen LogP contribution in [0.5, 0.6) is 0 Å². The average molecular weight is 485 g/mol. The predicted octanol–water partition coefficient (Wildman–Crippen LogP) is 4.97. The first-order valence-corrected chi connectivity index (χ1v) is 11.8. The second-order valence-electron chi connectivity index (χ2n) is 6.77. The molecule has 0 radical (unpaired) electrons. The Kier molecular flexibility index (Phi) is 7.87. The zero-order valence-electron chi connectivity index (χ0n) is 17.6. The van der Waals surface area contributed by atoms with Gasteiger partial charge in [-0.15, -0.1) is 0 Å². The standard InChI is InChI=1S/C24H21ClN2O5S/c1-2-32-23(28)15-12-17-10-13-19(14-11-17)26-24(29)18-6-5-7-20(16-18)33(30,31)27-22-9-4-3-8-21(22)25/h3-16,27H,2H2,1H3,(H,26,29)/b15-12+. The van der Waals surface area contributed by atoms with Gasteiger partial charge in [0.1, 0.15) is 0 Å². The fourth-order valence-electron chi connectivity index (χ4n) is 2.79. The maximum Gasteiger partial charge on any atom is 0.330 e. The van der Waals surface area contributed by atoms with Crippen LogP contribution in [0, 0.1) is 0 Å². The number of esters is 1. The van der Waals surface area contributed by atoms with Crippen molar-refractivity contribution in [2.24, 2.45) is 0 Å². The van der Waals surface area contributed by atoms with Gasteiger partial charge in [0.2, 0.25) is 0 Å². The van der Waals surface area contributed by atoms with Gasteiger partial charge in [-0.05, 0) is 61.0 Å². The van der Waals surface area contributed by atoms with Crippen molar-refractivity contribution in [3.05, 3.63) is 95.0 Å². The van der Waals surface area contributed by atoms with Crippen molar-refractivity contribution < 1.29 is 22.7 Å². The van der Waals surface area contributed by atoms with Gasteiger partial charge in [0.25, 0.3) is 15.9 Å². The first kappa shape index (κ1) is 24.0. The Morgan fingerprint density at radius 3 is 2.42 bits per heavy atom. The Morgan fingerprint density at radius 1 is 1.00 bits per heavy atom.